The maximum Gasteiger partial charge on any atom is 0.147 e. The van der Waals surface area contributed by atoms with Gasteiger partial charge in [0.1, 0.15) is 11.6 Å². The van der Waals surface area contributed by atoms with E-state index in [4.69, 9.17) is 9.72 Å². The number of hydrogen-bond acceptors (Lipinski definition) is 4. The van der Waals surface area contributed by atoms with Crippen molar-refractivity contribution in [3.8, 4) is 16.9 Å². The molecule has 0 radical (unpaired) electrons. The molecule has 0 amide bonds. The number of rotatable bonds is 5. The number of ether oxygens (including phenoxy) is 1. The van der Waals surface area contributed by atoms with Gasteiger partial charge >= 0.3 is 0 Å². The van der Waals surface area contributed by atoms with Gasteiger partial charge in [-0.05, 0) is 48.4 Å². The van der Waals surface area contributed by atoms with Gasteiger partial charge in [-0.25, -0.2) is 4.98 Å². The third kappa shape index (κ3) is 3.53. The molecule has 5 heteroatoms. The fraction of sp³-hybridized carbons (Fsp3) is 0.0909. The smallest absolute Gasteiger partial charge is 0.147 e. The summed E-state index contributed by atoms with van der Waals surface area (Å²) in [6.07, 6.45) is 1.88. The van der Waals surface area contributed by atoms with E-state index in [2.05, 4.69) is 27.6 Å². The molecule has 0 aliphatic heterocycles. The minimum Gasteiger partial charge on any atom is -0.497 e. The molecule has 0 fully saturated rings. The molecule has 5 nitrogen and oxygen atoms in total. The number of fused-ring (bicyclic) bond motifs is 1. The quantitative estimate of drug-likeness (QED) is 0.387. The van der Waals surface area contributed by atoms with Gasteiger partial charge in [0.15, 0.2) is 0 Å². The van der Waals surface area contributed by atoms with Crippen LogP contribution in [-0.4, -0.2) is 22.8 Å². The lowest BCUT2D eigenvalue weighted by molar-refractivity contribution is 0.415. The van der Waals surface area contributed by atoms with E-state index in [9.17, 15) is 0 Å². The molecular formula is C22H20N4O. The van der Waals surface area contributed by atoms with Crippen LogP contribution in [0.3, 0.4) is 0 Å². The summed E-state index contributed by atoms with van der Waals surface area (Å²) in [5.41, 5.74) is 7.99. The number of aromatic nitrogens is 2. The van der Waals surface area contributed by atoms with Crippen LogP contribution >= 0.6 is 0 Å². The Bertz CT molecular complexity index is 1090. The molecule has 2 N–H and O–H groups in total. The van der Waals surface area contributed by atoms with E-state index < -0.39 is 0 Å². The Morgan fingerprint density at radius 3 is 2.63 bits per heavy atom. The van der Waals surface area contributed by atoms with Crippen LogP contribution in [0.2, 0.25) is 0 Å². The number of hydrogen-bond donors (Lipinski definition) is 2. The predicted octanol–water partition coefficient (Wildman–Crippen LogP) is 5.07. The van der Waals surface area contributed by atoms with Gasteiger partial charge in [-0.1, -0.05) is 30.3 Å². The number of nitrogens with one attached hydrogen (secondary N) is 2. The summed E-state index contributed by atoms with van der Waals surface area (Å²) < 4.78 is 5.36. The molecule has 0 aliphatic carbocycles. The first-order valence-electron chi connectivity index (χ1n) is 8.73. The molecule has 2 aromatic heterocycles. The van der Waals surface area contributed by atoms with Gasteiger partial charge in [0, 0.05) is 17.6 Å². The second-order valence-electron chi connectivity index (χ2n) is 6.20. The second-order valence-corrected chi connectivity index (χ2v) is 6.20. The third-order valence-corrected chi connectivity index (χ3v) is 4.43. The zero-order chi connectivity index (χ0) is 18.6. The van der Waals surface area contributed by atoms with Gasteiger partial charge in [0.2, 0.25) is 0 Å². The van der Waals surface area contributed by atoms with Crippen LogP contribution in [0.5, 0.6) is 5.75 Å². The maximum absolute atomic E-state index is 5.36. The van der Waals surface area contributed by atoms with Gasteiger partial charge in [0.05, 0.1) is 24.0 Å². The van der Waals surface area contributed by atoms with Gasteiger partial charge in [-0.15, -0.1) is 0 Å². The minimum absolute atomic E-state index is 0.681. The van der Waals surface area contributed by atoms with E-state index in [1.165, 1.54) is 0 Å². The van der Waals surface area contributed by atoms with Crippen LogP contribution in [0.25, 0.3) is 22.0 Å². The standard InChI is InChI=1S/C22H20N4O/c1-15(20-9-6-12-23-20)25-26-22-14-19(16-7-4-3-5-8-16)18-11-10-17(27-2)13-21(18)24-22/h3-14,23H,1-2H3,(H,24,26)/b25-15+. The molecule has 0 unspecified atom stereocenters. The summed E-state index contributed by atoms with van der Waals surface area (Å²) in [5.74, 6) is 1.46. The SMILES string of the molecule is COc1ccc2c(-c3ccccc3)cc(N/N=C(\C)c3ccc[nH]3)nc2c1. The summed E-state index contributed by atoms with van der Waals surface area (Å²) in [6, 6.07) is 22.2. The summed E-state index contributed by atoms with van der Waals surface area (Å²) in [4.78, 5) is 7.86. The van der Waals surface area contributed by atoms with E-state index >= 15 is 0 Å². The van der Waals surface area contributed by atoms with Crippen molar-refractivity contribution in [1.29, 1.82) is 0 Å². The first-order chi connectivity index (χ1) is 13.2. The lowest BCUT2D eigenvalue weighted by atomic mass is 10.0. The number of H-pyrrole nitrogens is 1. The molecule has 0 saturated carbocycles. The van der Waals surface area contributed by atoms with E-state index in [1.54, 1.807) is 7.11 Å². The Kier molecular flexibility index (Phi) is 4.58. The fourth-order valence-corrected chi connectivity index (χ4v) is 3.01. The van der Waals surface area contributed by atoms with Crippen LogP contribution in [0, 0.1) is 0 Å². The molecule has 27 heavy (non-hydrogen) atoms. The Labute approximate surface area is 157 Å². The highest BCUT2D eigenvalue weighted by Crippen LogP contribution is 2.32. The van der Waals surface area contributed by atoms with Crippen molar-refractivity contribution in [2.75, 3.05) is 12.5 Å². The number of methoxy groups -OCH3 is 1. The molecule has 0 spiro atoms. The molecule has 134 valence electrons. The highest BCUT2D eigenvalue weighted by atomic mass is 16.5. The van der Waals surface area contributed by atoms with Crippen LogP contribution in [0.1, 0.15) is 12.6 Å². The number of benzene rings is 2. The number of hydrazone groups is 1. The normalized spacial score (nSPS) is 11.6. The molecule has 0 aliphatic rings. The molecular weight excluding hydrogens is 336 g/mol. The summed E-state index contributed by atoms with van der Waals surface area (Å²) >= 11 is 0. The lowest BCUT2D eigenvalue weighted by Crippen LogP contribution is -2.01. The van der Waals surface area contributed by atoms with Crippen molar-refractivity contribution in [3.63, 3.8) is 0 Å². The van der Waals surface area contributed by atoms with E-state index in [0.717, 1.165) is 39.2 Å². The molecule has 0 saturated heterocycles. The third-order valence-electron chi connectivity index (χ3n) is 4.43. The predicted molar refractivity (Wildman–Crippen MR) is 110 cm³/mol. The molecule has 2 heterocycles. The van der Waals surface area contributed by atoms with Crippen molar-refractivity contribution >= 4 is 22.4 Å². The van der Waals surface area contributed by atoms with Crippen molar-refractivity contribution < 1.29 is 4.74 Å². The van der Waals surface area contributed by atoms with Crippen molar-refractivity contribution in [1.82, 2.24) is 9.97 Å². The van der Waals surface area contributed by atoms with E-state index in [0.29, 0.717) is 5.82 Å². The Morgan fingerprint density at radius 2 is 1.89 bits per heavy atom. The van der Waals surface area contributed by atoms with Gasteiger partial charge in [-0.2, -0.15) is 5.10 Å². The Morgan fingerprint density at radius 1 is 1.04 bits per heavy atom. The van der Waals surface area contributed by atoms with Crippen LogP contribution in [-0.2, 0) is 0 Å². The largest absolute Gasteiger partial charge is 0.497 e. The highest BCUT2D eigenvalue weighted by molar-refractivity contribution is 5.98. The summed E-state index contributed by atoms with van der Waals surface area (Å²) in [6.45, 7) is 1.95. The summed E-state index contributed by atoms with van der Waals surface area (Å²) in [5, 5.41) is 5.53. The maximum atomic E-state index is 5.36. The van der Waals surface area contributed by atoms with Crippen molar-refractivity contribution in [2.24, 2.45) is 5.10 Å². The first kappa shape index (κ1) is 16.8. The number of aromatic amines is 1. The van der Waals surface area contributed by atoms with Gasteiger partial charge in [0.25, 0.3) is 0 Å². The second kappa shape index (κ2) is 7.33. The Balaban J connectivity index is 1.80. The van der Waals surface area contributed by atoms with Gasteiger partial charge in [-0.3, -0.25) is 5.43 Å². The number of pyridine rings is 1. The van der Waals surface area contributed by atoms with Crippen molar-refractivity contribution in [3.05, 3.63) is 78.6 Å². The van der Waals surface area contributed by atoms with Crippen LogP contribution in [0.4, 0.5) is 5.82 Å². The zero-order valence-corrected chi connectivity index (χ0v) is 15.2. The minimum atomic E-state index is 0.681. The first-order valence-corrected chi connectivity index (χ1v) is 8.73. The van der Waals surface area contributed by atoms with Crippen LogP contribution in [0.15, 0.2) is 78.0 Å². The van der Waals surface area contributed by atoms with Gasteiger partial charge < -0.3 is 9.72 Å². The Hall–Kier alpha value is -3.60. The lowest BCUT2D eigenvalue weighted by Gasteiger charge is -2.11. The van der Waals surface area contributed by atoms with E-state index in [-0.39, 0.29) is 0 Å². The topological polar surface area (TPSA) is 62.3 Å². The molecule has 0 bridgehead atoms. The van der Waals surface area contributed by atoms with E-state index in [1.807, 2.05) is 67.7 Å². The molecule has 4 rings (SSSR count). The van der Waals surface area contributed by atoms with Crippen molar-refractivity contribution in [2.45, 2.75) is 6.92 Å². The van der Waals surface area contributed by atoms with Crippen LogP contribution < -0.4 is 10.2 Å². The number of anilines is 1. The fourth-order valence-electron chi connectivity index (χ4n) is 3.01. The summed E-state index contributed by atoms with van der Waals surface area (Å²) in [7, 11) is 1.66. The molecule has 2 aromatic carbocycles. The average Bonchev–Trinajstić information content (AvgIpc) is 3.26. The number of nitrogens with zero attached hydrogens (tertiary/aromatic N) is 2. The monoisotopic (exact) mass is 356 g/mol. The highest BCUT2D eigenvalue weighted by Gasteiger charge is 2.09. The zero-order valence-electron chi connectivity index (χ0n) is 15.2. The molecule has 4 aromatic rings. The molecule has 0 atom stereocenters. The average molecular weight is 356 g/mol.